The van der Waals surface area contributed by atoms with Gasteiger partial charge in [0.05, 0.1) is 35.4 Å². The fourth-order valence-electron chi connectivity index (χ4n) is 3.69. The fraction of sp³-hybridized carbons (Fsp3) is 0.222. The predicted octanol–water partition coefficient (Wildman–Crippen LogP) is 6.93. The second kappa shape index (κ2) is 12.0. The van der Waals surface area contributed by atoms with Gasteiger partial charge in [0.25, 0.3) is 0 Å². The second-order valence-corrected chi connectivity index (χ2v) is 9.79. The van der Waals surface area contributed by atoms with Crippen molar-refractivity contribution < 1.29 is 27.8 Å². The molecule has 1 unspecified atom stereocenters. The highest BCUT2D eigenvalue weighted by Crippen LogP contribution is 2.36. The zero-order chi connectivity index (χ0) is 28.2. The molecule has 2 aromatic heterocycles. The standard InChI is InChI=1S/C27H24ClF3N4O3S/c1-15(34-24(16-4-8-18(37-2)9-5-16)17-6-10-19(38-3)11-7-17)26-33-14-22(39-26)25(36)35-23-12-20(27(29,30)31)21(28)13-32-23/h4-14,24-25,36H,1-3H3,(H,32,35). The van der Waals surface area contributed by atoms with E-state index in [4.69, 9.17) is 26.1 Å². The molecule has 12 heteroatoms. The lowest BCUT2D eigenvalue weighted by molar-refractivity contribution is -0.137. The number of thiazole rings is 1. The number of hydrogen-bond donors (Lipinski definition) is 2. The maximum absolute atomic E-state index is 13.2. The molecule has 0 bridgehead atoms. The molecule has 0 spiro atoms. The van der Waals surface area contributed by atoms with Crippen LogP contribution in [0.15, 0.2) is 72.0 Å². The van der Waals surface area contributed by atoms with Gasteiger partial charge >= 0.3 is 6.18 Å². The zero-order valence-electron chi connectivity index (χ0n) is 21.0. The van der Waals surface area contributed by atoms with Gasteiger partial charge in [0.15, 0.2) is 6.23 Å². The first-order valence-electron chi connectivity index (χ1n) is 11.5. The SMILES string of the molecule is COc1ccc(C(N=C(C)c2ncc(C(O)Nc3cc(C(F)(F)F)c(Cl)cn3)s2)c2ccc(OC)cc2)cc1. The molecule has 39 heavy (non-hydrogen) atoms. The van der Waals surface area contributed by atoms with E-state index in [0.717, 1.165) is 46.2 Å². The largest absolute Gasteiger partial charge is 0.497 e. The molecule has 7 nitrogen and oxygen atoms in total. The minimum Gasteiger partial charge on any atom is -0.497 e. The molecule has 1 atom stereocenters. The number of anilines is 1. The molecule has 0 aliphatic rings. The van der Waals surface area contributed by atoms with Crippen LogP contribution in [0.25, 0.3) is 0 Å². The number of benzene rings is 2. The van der Waals surface area contributed by atoms with Crippen LogP contribution in [0.4, 0.5) is 19.0 Å². The maximum atomic E-state index is 13.2. The summed E-state index contributed by atoms with van der Waals surface area (Å²) >= 11 is 6.78. The molecule has 2 aromatic carbocycles. The number of halogens is 4. The van der Waals surface area contributed by atoms with Crippen LogP contribution in [0, 0.1) is 0 Å². The number of pyridine rings is 1. The summed E-state index contributed by atoms with van der Waals surface area (Å²) in [6.07, 6.45) is -3.69. The quantitative estimate of drug-likeness (QED) is 0.166. The number of rotatable bonds is 9. The van der Waals surface area contributed by atoms with Crippen molar-refractivity contribution in [2.45, 2.75) is 25.4 Å². The molecule has 0 radical (unpaired) electrons. The first-order valence-corrected chi connectivity index (χ1v) is 12.7. The van der Waals surface area contributed by atoms with Gasteiger partial charge in [0, 0.05) is 12.4 Å². The molecular formula is C27H24ClF3N4O3S. The van der Waals surface area contributed by atoms with Crippen molar-refractivity contribution in [2.24, 2.45) is 4.99 Å². The highest BCUT2D eigenvalue weighted by molar-refractivity contribution is 7.13. The van der Waals surface area contributed by atoms with Crippen molar-refractivity contribution in [3.8, 4) is 11.5 Å². The summed E-state index contributed by atoms with van der Waals surface area (Å²) in [5.41, 5.74) is 1.41. The lowest BCUT2D eigenvalue weighted by atomic mass is 9.99. The number of nitrogens with one attached hydrogen (secondary N) is 1. The first kappa shape index (κ1) is 28.3. The Morgan fingerprint density at radius 1 is 0.974 bits per heavy atom. The molecule has 2 heterocycles. The average molecular weight is 577 g/mol. The third-order valence-corrected chi connectivity index (χ3v) is 7.19. The average Bonchev–Trinajstić information content (AvgIpc) is 3.43. The Labute approximate surface area is 232 Å². The van der Waals surface area contributed by atoms with Crippen LogP contribution in [-0.2, 0) is 6.18 Å². The third kappa shape index (κ3) is 6.86. The van der Waals surface area contributed by atoms with Gasteiger partial charge in [-0.1, -0.05) is 35.9 Å². The number of ether oxygens (including phenoxy) is 2. The summed E-state index contributed by atoms with van der Waals surface area (Å²) in [6, 6.07) is 15.5. The van der Waals surface area contributed by atoms with E-state index < -0.39 is 23.0 Å². The van der Waals surface area contributed by atoms with Crippen molar-refractivity contribution in [1.29, 1.82) is 0 Å². The van der Waals surface area contributed by atoms with Crippen LogP contribution in [0.1, 0.15) is 45.8 Å². The maximum Gasteiger partial charge on any atom is 0.418 e. The van der Waals surface area contributed by atoms with Crippen molar-refractivity contribution in [1.82, 2.24) is 9.97 Å². The number of aliphatic imine (C=N–C) groups is 1. The Hall–Kier alpha value is -3.67. The Balaban J connectivity index is 1.59. The first-order chi connectivity index (χ1) is 18.6. The molecule has 4 aromatic rings. The minimum absolute atomic E-state index is 0.182. The number of aromatic nitrogens is 2. The summed E-state index contributed by atoms with van der Waals surface area (Å²) in [6.45, 7) is 1.80. The van der Waals surface area contributed by atoms with Crippen molar-refractivity contribution in [3.63, 3.8) is 0 Å². The number of nitrogens with zero attached hydrogens (tertiary/aromatic N) is 3. The van der Waals surface area contributed by atoms with E-state index in [1.165, 1.54) is 6.20 Å². The smallest absolute Gasteiger partial charge is 0.418 e. The summed E-state index contributed by atoms with van der Waals surface area (Å²) in [5.74, 6) is 1.26. The van der Waals surface area contributed by atoms with Gasteiger partial charge < -0.3 is 19.9 Å². The van der Waals surface area contributed by atoms with Gasteiger partial charge in [-0.3, -0.25) is 4.99 Å². The number of hydrogen-bond acceptors (Lipinski definition) is 8. The van der Waals surface area contributed by atoms with Crippen LogP contribution in [0.2, 0.25) is 5.02 Å². The Morgan fingerprint density at radius 3 is 2.05 bits per heavy atom. The molecule has 204 valence electrons. The van der Waals surface area contributed by atoms with E-state index in [9.17, 15) is 18.3 Å². The van der Waals surface area contributed by atoms with Gasteiger partial charge in [0.1, 0.15) is 28.4 Å². The van der Waals surface area contributed by atoms with Crippen LogP contribution in [0.3, 0.4) is 0 Å². The van der Waals surface area contributed by atoms with Crippen LogP contribution < -0.4 is 14.8 Å². The Kier molecular flexibility index (Phi) is 8.73. The van der Waals surface area contributed by atoms with Gasteiger partial charge in [-0.25, -0.2) is 9.97 Å². The highest BCUT2D eigenvalue weighted by Gasteiger charge is 2.34. The summed E-state index contributed by atoms with van der Waals surface area (Å²) in [4.78, 5) is 13.5. The topological polar surface area (TPSA) is 88.9 Å². The zero-order valence-corrected chi connectivity index (χ0v) is 22.6. The van der Waals surface area contributed by atoms with Crippen molar-refractivity contribution in [2.75, 3.05) is 19.5 Å². The molecule has 0 aliphatic heterocycles. The molecule has 4 rings (SSSR count). The Morgan fingerprint density at radius 2 is 1.54 bits per heavy atom. The summed E-state index contributed by atoms with van der Waals surface area (Å²) < 4.78 is 50.1. The van der Waals surface area contributed by atoms with Crippen LogP contribution in [0.5, 0.6) is 11.5 Å². The fourth-order valence-corrected chi connectivity index (χ4v) is 4.70. The molecule has 0 fully saturated rings. The third-order valence-electron chi connectivity index (χ3n) is 5.73. The van der Waals surface area contributed by atoms with E-state index >= 15 is 0 Å². The van der Waals surface area contributed by atoms with Crippen molar-refractivity contribution >= 4 is 34.5 Å². The van der Waals surface area contributed by atoms with Crippen LogP contribution in [-0.4, -0.2) is 35.0 Å². The van der Waals surface area contributed by atoms with Gasteiger partial charge in [-0.15, -0.1) is 11.3 Å². The molecule has 0 aliphatic carbocycles. The van der Waals surface area contributed by atoms with E-state index in [-0.39, 0.29) is 11.9 Å². The molecule has 0 saturated carbocycles. The van der Waals surface area contributed by atoms with E-state index in [1.807, 2.05) is 48.5 Å². The van der Waals surface area contributed by atoms with Crippen LogP contribution >= 0.6 is 22.9 Å². The minimum atomic E-state index is -4.66. The number of aliphatic hydroxyl groups excluding tert-OH is 1. The molecular weight excluding hydrogens is 553 g/mol. The molecule has 0 amide bonds. The normalized spacial score (nSPS) is 12.9. The molecule has 0 saturated heterocycles. The van der Waals surface area contributed by atoms with Gasteiger partial charge in [-0.2, -0.15) is 13.2 Å². The van der Waals surface area contributed by atoms with E-state index in [0.29, 0.717) is 15.6 Å². The number of methoxy groups -OCH3 is 2. The van der Waals surface area contributed by atoms with Gasteiger partial charge in [0.2, 0.25) is 0 Å². The van der Waals surface area contributed by atoms with Gasteiger partial charge in [-0.05, 0) is 48.4 Å². The second-order valence-electron chi connectivity index (χ2n) is 8.33. The highest BCUT2D eigenvalue weighted by atomic mass is 35.5. The summed E-state index contributed by atoms with van der Waals surface area (Å²) in [5, 5.41) is 13.2. The molecule has 2 N–H and O–H groups in total. The van der Waals surface area contributed by atoms with E-state index in [2.05, 4.69) is 15.3 Å². The number of alkyl halides is 3. The van der Waals surface area contributed by atoms with Crippen molar-refractivity contribution in [3.05, 3.63) is 98.6 Å². The monoisotopic (exact) mass is 576 g/mol. The lowest BCUT2D eigenvalue weighted by Gasteiger charge is -2.16. The Bertz CT molecular complexity index is 1400. The lowest BCUT2D eigenvalue weighted by Crippen LogP contribution is -2.12. The predicted molar refractivity (Wildman–Crippen MR) is 145 cm³/mol. The number of aliphatic hydroxyl groups is 1. The summed E-state index contributed by atoms with van der Waals surface area (Å²) in [7, 11) is 3.19. The van der Waals surface area contributed by atoms with E-state index in [1.54, 1.807) is 21.1 Å².